The second-order valence-corrected chi connectivity index (χ2v) is 2.06. The van der Waals surface area contributed by atoms with Crippen molar-refractivity contribution < 1.29 is 0 Å². The predicted molar refractivity (Wildman–Crippen MR) is 34.3 cm³/mol. The van der Waals surface area contributed by atoms with Crippen LogP contribution in [0, 0.1) is 6.92 Å². The van der Waals surface area contributed by atoms with Crippen LogP contribution in [-0.2, 0) is 0 Å². The Bertz CT molecular complexity index is 357. The predicted octanol–water partition coefficient (Wildman–Crippen LogP) is -0.657. The second kappa shape index (κ2) is 1.47. The monoisotopic (exact) mass is 138 g/mol. The summed E-state index contributed by atoms with van der Waals surface area (Å²) >= 11 is 0. The molecular formula is C4H6N6. The highest BCUT2D eigenvalue weighted by molar-refractivity contribution is 5.65. The minimum atomic E-state index is 0.581. The molecule has 6 nitrogen and oxygen atoms in total. The van der Waals surface area contributed by atoms with Crippen molar-refractivity contribution >= 4 is 11.3 Å². The van der Waals surface area contributed by atoms with Gasteiger partial charge in [-0.05, 0) is 17.4 Å². The van der Waals surface area contributed by atoms with Crippen molar-refractivity contribution in [1.82, 2.24) is 25.3 Å². The van der Waals surface area contributed by atoms with Gasteiger partial charge in [0.15, 0.2) is 0 Å². The number of hydrogen-bond donors (Lipinski definition) is 2. The molecule has 0 bridgehead atoms. The number of aromatic nitrogens is 5. The van der Waals surface area contributed by atoms with Gasteiger partial charge in [-0.25, -0.2) is 0 Å². The molecule has 0 aromatic carbocycles. The number of rotatable bonds is 0. The molecule has 3 N–H and O–H groups in total. The fraction of sp³-hybridized carbons (Fsp3) is 0.250. The zero-order valence-electron chi connectivity index (χ0n) is 5.37. The Kier molecular flexibility index (Phi) is 0.765. The first-order chi connectivity index (χ1) is 4.79. The Morgan fingerprint density at radius 2 is 2.40 bits per heavy atom. The quantitative estimate of drug-likeness (QED) is 0.506. The zero-order chi connectivity index (χ0) is 7.14. The van der Waals surface area contributed by atoms with Gasteiger partial charge in [0.25, 0.3) is 0 Å². The summed E-state index contributed by atoms with van der Waals surface area (Å²) in [5.74, 6) is 0. The van der Waals surface area contributed by atoms with E-state index in [0.29, 0.717) is 11.3 Å². The van der Waals surface area contributed by atoms with E-state index in [-0.39, 0.29) is 0 Å². The van der Waals surface area contributed by atoms with Gasteiger partial charge in [0, 0.05) is 0 Å². The van der Waals surface area contributed by atoms with E-state index in [1.54, 1.807) is 0 Å². The van der Waals surface area contributed by atoms with Crippen molar-refractivity contribution in [3.8, 4) is 0 Å². The van der Waals surface area contributed by atoms with Crippen LogP contribution in [0.2, 0.25) is 0 Å². The molecule has 2 rings (SSSR count). The maximum Gasteiger partial charge on any atom is 0.222 e. The normalized spacial score (nSPS) is 10.9. The molecule has 10 heavy (non-hydrogen) atoms. The van der Waals surface area contributed by atoms with Crippen molar-refractivity contribution in [2.24, 2.45) is 0 Å². The van der Waals surface area contributed by atoms with E-state index in [9.17, 15) is 0 Å². The maximum absolute atomic E-state index is 5.59. The number of anilines is 1. The average molecular weight is 138 g/mol. The second-order valence-electron chi connectivity index (χ2n) is 2.06. The third kappa shape index (κ3) is 0.450. The van der Waals surface area contributed by atoms with E-state index in [4.69, 9.17) is 5.73 Å². The van der Waals surface area contributed by atoms with Crippen LogP contribution in [0.25, 0.3) is 5.65 Å². The number of nitrogens with one attached hydrogen (secondary N) is 1. The van der Waals surface area contributed by atoms with E-state index in [0.717, 1.165) is 5.69 Å². The van der Waals surface area contributed by atoms with E-state index in [1.807, 2.05) is 6.92 Å². The minimum Gasteiger partial charge on any atom is -0.394 e. The molecule has 0 saturated heterocycles. The van der Waals surface area contributed by atoms with E-state index < -0.39 is 0 Å². The summed E-state index contributed by atoms with van der Waals surface area (Å²) in [5.41, 5.74) is 7.63. The highest BCUT2D eigenvalue weighted by Gasteiger charge is 2.05. The lowest BCUT2D eigenvalue weighted by Crippen LogP contribution is -1.86. The molecule has 2 heterocycles. The number of tetrazole rings is 1. The summed E-state index contributed by atoms with van der Waals surface area (Å²) in [4.78, 5) is 0. The lowest BCUT2D eigenvalue weighted by atomic mass is 10.4. The molecule has 0 unspecified atom stereocenters. The largest absolute Gasteiger partial charge is 0.394 e. The van der Waals surface area contributed by atoms with Crippen LogP contribution in [0.4, 0.5) is 5.69 Å². The molecule has 2 aromatic rings. The van der Waals surface area contributed by atoms with Gasteiger partial charge in [-0.1, -0.05) is 0 Å². The summed E-state index contributed by atoms with van der Waals surface area (Å²) in [5, 5.41) is 13.6. The van der Waals surface area contributed by atoms with Crippen LogP contribution in [0.15, 0.2) is 0 Å². The summed E-state index contributed by atoms with van der Waals surface area (Å²) < 4.78 is 1.44. The molecule has 2 aromatic heterocycles. The molecule has 0 amide bonds. The van der Waals surface area contributed by atoms with Crippen molar-refractivity contribution in [1.29, 1.82) is 0 Å². The van der Waals surface area contributed by atoms with Gasteiger partial charge in [0.05, 0.1) is 5.69 Å². The fourth-order valence-electron chi connectivity index (χ4n) is 0.817. The molecule has 0 aliphatic heterocycles. The number of fused-ring (bicyclic) bond motifs is 1. The molecule has 0 saturated carbocycles. The molecule has 6 heteroatoms. The number of nitrogens with two attached hydrogens (primary N) is 1. The summed E-state index contributed by atoms with van der Waals surface area (Å²) in [7, 11) is 0. The average Bonchev–Trinajstić information content (AvgIpc) is 2.41. The van der Waals surface area contributed by atoms with E-state index in [2.05, 4.69) is 20.6 Å². The van der Waals surface area contributed by atoms with Gasteiger partial charge >= 0.3 is 0 Å². The molecule has 0 fully saturated rings. The van der Waals surface area contributed by atoms with Gasteiger partial charge in [-0.15, -0.1) is 9.73 Å². The van der Waals surface area contributed by atoms with Crippen LogP contribution >= 0.6 is 0 Å². The third-order valence-corrected chi connectivity index (χ3v) is 1.39. The first-order valence-corrected chi connectivity index (χ1v) is 2.81. The Morgan fingerprint density at radius 3 is 3.10 bits per heavy atom. The van der Waals surface area contributed by atoms with Crippen molar-refractivity contribution in [3.05, 3.63) is 5.69 Å². The Hall–Kier alpha value is -1.59. The first kappa shape index (κ1) is 5.21. The summed E-state index contributed by atoms with van der Waals surface area (Å²) in [6.45, 7) is 1.85. The molecule has 0 aliphatic carbocycles. The van der Waals surface area contributed by atoms with Crippen LogP contribution in [0.1, 0.15) is 5.69 Å². The van der Waals surface area contributed by atoms with Crippen molar-refractivity contribution in [3.63, 3.8) is 0 Å². The SMILES string of the molecule is Cc1[nH]n2nnnc2c1N. The fourth-order valence-corrected chi connectivity index (χ4v) is 0.817. The Labute approximate surface area is 56.0 Å². The van der Waals surface area contributed by atoms with Gasteiger partial charge in [-0.2, -0.15) is 0 Å². The molecule has 0 radical (unpaired) electrons. The molecule has 52 valence electrons. The van der Waals surface area contributed by atoms with Gasteiger partial charge in [-0.3, -0.25) is 5.10 Å². The number of nitrogen functional groups attached to an aromatic ring is 1. The smallest absolute Gasteiger partial charge is 0.222 e. The number of nitrogens with zero attached hydrogens (tertiary/aromatic N) is 4. The minimum absolute atomic E-state index is 0.581. The van der Waals surface area contributed by atoms with Gasteiger partial charge in [0.2, 0.25) is 5.65 Å². The van der Waals surface area contributed by atoms with Crippen LogP contribution in [0.3, 0.4) is 0 Å². The number of aromatic amines is 1. The van der Waals surface area contributed by atoms with E-state index in [1.165, 1.54) is 4.63 Å². The first-order valence-electron chi connectivity index (χ1n) is 2.81. The Balaban J connectivity index is 2.95. The highest BCUT2D eigenvalue weighted by Crippen LogP contribution is 2.11. The molecule has 0 atom stereocenters. The third-order valence-electron chi connectivity index (χ3n) is 1.39. The van der Waals surface area contributed by atoms with Crippen LogP contribution < -0.4 is 5.73 Å². The summed E-state index contributed by atoms with van der Waals surface area (Å²) in [6, 6.07) is 0. The lowest BCUT2D eigenvalue weighted by molar-refractivity contribution is 0.734. The molecular weight excluding hydrogens is 132 g/mol. The number of H-pyrrole nitrogens is 1. The Morgan fingerprint density at radius 1 is 1.60 bits per heavy atom. The standard InChI is InChI=1S/C4H6N6/c1-2-3(5)4-6-8-9-10(4)7-2/h7H,5H2,1H3. The topological polar surface area (TPSA) is 84.9 Å². The maximum atomic E-state index is 5.59. The van der Waals surface area contributed by atoms with Gasteiger partial charge in [0.1, 0.15) is 5.69 Å². The number of hydrogen-bond acceptors (Lipinski definition) is 4. The van der Waals surface area contributed by atoms with Crippen molar-refractivity contribution in [2.45, 2.75) is 6.92 Å². The van der Waals surface area contributed by atoms with E-state index >= 15 is 0 Å². The summed E-state index contributed by atoms with van der Waals surface area (Å²) in [6.07, 6.45) is 0. The molecule has 0 aliphatic rings. The van der Waals surface area contributed by atoms with Crippen molar-refractivity contribution in [2.75, 3.05) is 5.73 Å². The highest BCUT2D eigenvalue weighted by atomic mass is 15.6. The number of aryl methyl sites for hydroxylation is 1. The van der Waals surface area contributed by atoms with Crippen LogP contribution in [-0.4, -0.2) is 25.3 Å². The lowest BCUT2D eigenvalue weighted by Gasteiger charge is -1.81. The van der Waals surface area contributed by atoms with Gasteiger partial charge < -0.3 is 5.73 Å². The molecule has 0 spiro atoms. The zero-order valence-corrected chi connectivity index (χ0v) is 5.37. The van der Waals surface area contributed by atoms with Crippen LogP contribution in [0.5, 0.6) is 0 Å².